The van der Waals surface area contributed by atoms with Crippen molar-refractivity contribution in [3.8, 4) is 0 Å². The molecule has 1 heterocycles. The molecule has 0 bridgehead atoms. The number of benzene rings is 1. The van der Waals surface area contributed by atoms with Gasteiger partial charge in [-0.05, 0) is 43.5 Å². The van der Waals surface area contributed by atoms with Crippen molar-refractivity contribution in [1.29, 1.82) is 0 Å². The molecule has 140 valence electrons. The van der Waals surface area contributed by atoms with Gasteiger partial charge >= 0.3 is 0 Å². The number of carbonyl (C=O) groups is 2. The van der Waals surface area contributed by atoms with Gasteiger partial charge in [-0.15, -0.1) is 11.3 Å². The van der Waals surface area contributed by atoms with Crippen molar-refractivity contribution in [2.75, 3.05) is 6.54 Å². The van der Waals surface area contributed by atoms with Gasteiger partial charge < -0.3 is 10.2 Å². The minimum absolute atomic E-state index is 0.0172. The van der Waals surface area contributed by atoms with Gasteiger partial charge in [0.15, 0.2) is 0 Å². The molecule has 0 aliphatic rings. The number of hydrogen-bond acceptors (Lipinski definition) is 3. The van der Waals surface area contributed by atoms with Crippen LogP contribution in [0.2, 0.25) is 4.34 Å². The summed E-state index contributed by atoms with van der Waals surface area (Å²) in [6.07, 6.45) is 0. The highest BCUT2D eigenvalue weighted by Crippen LogP contribution is 2.23. The van der Waals surface area contributed by atoms with E-state index in [9.17, 15) is 9.59 Å². The smallest absolute Gasteiger partial charge is 0.252 e. The maximum absolute atomic E-state index is 13.1. The quantitative estimate of drug-likeness (QED) is 0.753. The maximum Gasteiger partial charge on any atom is 0.252 e. The second-order valence-corrected chi connectivity index (χ2v) is 8.37. The van der Waals surface area contributed by atoms with Crippen LogP contribution in [0, 0.1) is 12.8 Å². The van der Waals surface area contributed by atoms with Crippen molar-refractivity contribution < 1.29 is 9.59 Å². The zero-order chi connectivity index (χ0) is 19.3. The molecule has 1 N–H and O–H groups in total. The molecule has 1 atom stereocenters. The second kappa shape index (κ2) is 9.19. The highest BCUT2D eigenvalue weighted by Gasteiger charge is 2.29. The van der Waals surface area contributed by atoms with E-state index in [4.69, 9.17) is 11.6 Å². The van der Waals surface area contributed by atoms with Crippen LogP contribution >= 0.6 is 22.9 Å². The number of likely N-dealkylation sites (N-methyl/N-ethyl adjacent to an activating group) is 1. The molecule has 2 aromatic rings. The van der Waals surface area contributed by atoms with Crippen LogP contribution in [0.5, 0.6) is 0 Å². The van der Waals surface area contributed by atoms with Crippen molar-refractivity contribution in [1.82, 2.24) is 10.2 Å². The Bertz CT molecular complexity index is 773. The number of nitrogens with zero attached hydrogens (tertiary/aromatic N) is 1. The van der Waals surface area contributed by atoms with E-state index in [1.54, 1.807) is 11.0 Å². The summed E-state index contributed by atoms with van der Waals surface area (Å²) in [7, 11) is 0. The molecule has 0 spiro atoms. The van der Waals surface area contributed by atoms with Crippen LogP contribution in [0.15, 0.2) is 36.4 Å². The molecule has 2 rings (SSSR count). The van der Waals surface area contributed by atoms with Crippen LogP contribution in [0.1, 0.15) is 41.6 Å². The highest BCUT2D eigenvalue weighted by molar-refractivity contribution is 7.16. The molecule has 1 unspecified atom stereocenters. The van der Waals surface area contributed by atoms with Crippen molar-refractivity contribution >= 4 is 34.8 Å². The third kappa shape index (κ3) is 5.08. The molecule has 0 fully saturated rings. The summed E-state index contributed by atoms with van der Waals surface area (Å²) in [6.45, 7) is 8.77. The average Bonchev–Trinajstić information content (AvgIpc) is 3.02. The van der Waals surface area contributed by atoms with Crippen LogP contribution in [0.4, 0.5) is 0 Å². The summed E-state index contributed by atoms with van der Waals surface area (Å²) in [5.41, 5.74) is 1.49. The van der Waals surface area contributed by atoms with Gasteiger partial charge in [-0.2, -0.15) is 0 Å². The number of carbonyl (C=O) groups excluding carboxylic acids is 2. The lowest BCUT2D eigenvalue weighted by Gasteiger charge is -2.29. The zero-order valence-corrected chi connectivity index (χ0v) is 17.2. The Morgan fingerprint density at radius 1 is 1.19 bits per heavy atom. The van der Waals surface area contributed by atoms with E-state index < -0.39 is 6.04 Å². The summed E-state index contributed by atoms with van der Waals surface area (Å²) in [4.78, 5) is 28.5. The van der Waals surface area contributed by atoms with E-state index in [0.717, 1.165) is 10.4 Å². The van der Waals surface area contributed by atoms with Crippen LogP contribution in [0.25, 0.3) is 0 Å². The summed E-state index contributed by atoms with van der Waals surface area (Å²) < 4.78 is 0.705. The van der Waals surface area contributed by atoms with E-state index >= 15 is 0 Å². The van der Waals surface area contributed by atoms with E-state index in [-0.39, 0.29) is 17.7 Å². The fourth-order valence-electron chi connectivity index (χ4n) is 2.73. The SMILES string of the molecule is CCN(Cc1ccc(Cl)s1)C(=O)C(NC(=O)c1ccccc1C)C(C)C. The van der Waals surface area contributed by atoms with Gasteiger partial charge in [-0.25, -0.2) is 0 Å². The molecule has 0 aliphatic carbocycles. The maximum atomic E-state index is 13.1. The highest BCUT2D eigenvalue weighted by atomic mass is 35.5. The minimum Gasteiger partial charge on any atom is -0.340 e. The average molecular weight is 393 g/mol. The van der Waals surface area contributed by atoms with Crippen molar-refractivity contribution in [2.45, 2.75) is 40.3 Å². The monoisotopic (exact) mass is 392 g/mol. The Morgan fingerprint density at radius 2 is 1.88 bits per heavy atom. The molecule has 0 aliphatic heterocycles. The van der Waals surface area contributed by atoms with Gasteiger partial charge in [0.1, 0.15) is 6.04 Å². The van der Waals surface area contributed by atoms with Crippen molar-refractivity contribution in [2.24, 2.45) is 5.92 Å². The predicted molar refractivity (Wildman–Crippen MR) is 108 cm³/mol. The normalized spacial score (nSPS) is 12.1. The second-order valence-electron chi connectivity index (χ2n) is 6.57. The topological polar surface area (TPSA) is 49.4 Å². The molecule has 26 heavy (non-hydrogen) atoms. The first-order valence-corrected chi connectivity index (χ1v) is 9.92. The van der Waals surface area contributed by atoms with Gasteiger partial charge in [0.2, 0.25) is 5.91 Å². The van der Waals surface area contributed by atoms with E-state index in [1.807, 2.05) is 58.0 Å². The number of amides is 2. The lowest BCUT2D eigenvalue weighted by Crippen LogP contribution is -2.51. The van der Waals surface area contributed by atoms with Crippen LogP contribution in [-0.4, -0.2) is 29.3 Å². The molecule has 1 aromatic heterocycles. The van der Waals surface area contributed by atoms with E-state index in [0.29, 0.717) is 23.0 Å². The fourth-order valence-corrected chi connectivity index (χ4v) is 3.83. The third-order valence-corrected chi connectivity index (χ3v) is 5.49. The number of hydrogen-bond donors (Lipinski definition) is 1. The molecular weight excluding hydrogens is 368 g/mol. The first-order chi connectivity index (χ1) is 12.3. The lowest BCUT2D eigenvalue weighted by atomic mass is 10.0. The van der Waals surface area contributed by atoms with Crippen LogP contribution in [-0.2, 0) is 11.3 Å². The zero-order valence-electron chi connectivity index (χ0n) is 15.6. The van der Waals surface area contributed by atoms with Gasteiger partial charge in [0.25, 0.3) is 5.91 Å². The molecule has 6 heteroatoms. The Hall–Kier alpha value is -1.85. The number of halogens is 1. The molecule has 1 aromatic carbocycles. The Balaban J connectivity index is 2.15. The van der Waals surface area contributed by atoms with Gasteiger partial charge in [0, 0.05) is 17.0 Å². The van der Waals surface area contributed by atoms with Gasteiger partial charge in [-0.1, -0.05) is 43.6 Å². The molecule has 2 amide bonds. The van der Waals surface area contributed by atoms with E-state index in [1.165, 1.54) is 11.3 Å². The molecule has 0 radical (unpaired) electrons. The van der Waals surface area contributed by atoms with Gasteiger partial charge in [0.05, 0.1) is 10.9 Å². The van der Waals surface area contributed by atoms with Gasteiger partial charge in [-0.3, -0.25) is 9.59 Å². The molecule has 4 nitrogen and oxygen atoms in total. The fraction of sp³-hybridized carbons (Fsp3) is 0.400. The van der Waals surface area contributed by atoms with Crippen molar-refractivity contribution in [3.63, 3.8) is 0 Å². The largest absolute Gasteiger partial charge is 0.340 e. The predicted octanol–water partition coefficient (Wildman–Crippen LogP) is 4.51. The number of nitrogens with one attached hydrogen (secondary N) is 1. The molecular formula is C20H25ClN2O2S. The van der Waals surface area contributed by atoms with Crippen LogP contribution < -0.4 is 5.32 Å². The van der Waals surface area contributed by atoms with E-state index in [2.05, 4.69) is 5.32 Å². The Kier molecular flexibility index (Phi) is 7.23. The Labute approximate surface area is 164 Å². The molecule has 0 saturated heterocycles. The summed E-state index contributed by atoms with van der Waals surface area (Å²) in [5, 5.41) is 2.93. The van der Waals surface area contributed by atoms with Crippen LogP contribution in [0.3, 0.4) is 0 Å². The van der Waals surface area contributed by atoms with Crippen molar-refractivity contribution in [3.05, 3.63) is 56.7 Å². The summed E-state index contributed by atoms with van der Waals surface area (Å²) in [5.74, 6) is -0.309. The number of rotatable bonds is 7. The lowest BCUT2D eigenvalue weighted by molar-refractivity contribution is -0.134. The Morgan fingerprint density at radius 3 is 2.42 bits per heavy atom. The standard InChI is InChI=1S/C20H25ClN2O2S/c1-5-23(12-15-10-11-17(21)26-15)20(25)18(13(2)3)22-19(24)16-9-7-6-8-14(16)4/h6-11,13,18H,5,12H2,1-4H3,(H,22,24). The molecule has 0 saturated carbocycles. The first kappa shape index (κ1) is 20.5. The third-order valence-electron chi connectivity index (χ3n) is 4.28. The summed E-state index contributed by atoms with van der Waals surface area (Å²) >= 11 is 7.46. The summed E-state index contributed by atoms with van der Waals surface area (Å²) in [6, 6.07) is 10.6. The number of thiophene rings is 1. The first-order valence-electron chi connectivity index (χ1n) is 8.73. The number of aryl methyl sites for hydroxylation is 1. The minimum atomic E-state index is -0.572.